The van der Waals surface area contributed by atoms with Crippen LogP contribution in [-0.2, 0) is 14.3 Å². The van der Waals surface area contributed by atoms with Crippen molar-refractivity contribution in [2.24, 2.45) is 0 Å². The van der Waals surface area contributed by atoms with E-state index in [0.29, 0.717) is 11.1 Å². The quantitative estimate of drug-likeness (QED) is 0.555. The number of aryl methyl sites for hydroxylation is 2. The number of hydrogen-bond donors (Lipinski definition) is 1. The van der Waals surface area contributed by atoms with Crippen LogP contribution in [0.3, 0.4) is 0 Å². The molecule has 0 unspecified atom stereocenters. The van der Waals surface area contributed by atoms with E-state index in [4.69, 9.17) is 4.74 Å². The molecule has 3 rings (SSSR count). The Labute approximate surface area is 172 Å². The van der Waals surface area contributed by atoms with E-state index in [1.165, 1.54) is 0 Å². The third-order valence-electron chi connectivity index (χ3n) is 4.34. The monoisotopic (exact) mass is 412 g/mol. The Morgan fingerprint density at radius 1 is 1.00 bits per heavy atom. The first-order valence-electron chi connectivity index (χ1n) is 8.92. The first kappa shape index (κ1) is 20.6. The first-order valence-corrected chi connectivity index (χ1v) is 10.1. The van der Waals surface area contributed by atoms with Gasteiger partial charge < -0.3 is 10.1 Å². The summed E-state index contributed by atoms with van der Waals surface area (Å²) >= 11 is 1.09. The molecule has 7 nitrogen and oxygen atoms in total. The molecule has 1 N–H and O–H groups in total. The number of amides is 3. The van der Waals surface area contributed by atoms with E-state index in [0.717, 1.165) is 33.5 Å². The fraction of sp³-hybridized carbons (Fsp3) is 0.238. The molecule has 0 aliphatic carbocycles. The zero-order chi connectivity index (χ0) is 21.0. The smallest absolute Gasteiger partial charge is 0.317 e. The van der Waals surface area contributed by atoms with Crippen LogP contribution in [0, 0.1) is 13.8 Å². The van der Waals surface area contributed by atoms with Crippen molar-refractivity contribution in [2.45, 2.75) is 13.8 Å². The lowest BCUT2D eigenvalue weighted by atomic mass is 10.1. The van der Waals surface area contributed by atoms with Gasteiger partial charge in [0, 0.05) is 5.69 Å². The molecule has 0 radical (unpaired) electrons. The van der Waals surface area contributed by atoms with Crippen LogP contribution in [0.2, 0.25) is 0 Å². The van der Waals surface area contributed by atoms with Crippen molar-refractivity contribution in [1.29, 1.82) is 0 Å². The molecule has 0 saturated carbocycles. The van der Waals surface area contributed by atoms with E-state index in [9.17, 15) is 19.2 Å². The predicted molar refractivity (Wildman–Crippen MR) is 110 cm³/mol. The summed E-state index contributed by atoms with van der Waals surface area (Å²) in [6, 6.07) is 12.2. The summed E-state index contributed by atoms with van der Waals surface area (Å²) in [7, 11) is 0. The van der Waals surface area contributed by atoms with Gasteiger partial charge in [0.25, 0.3) is 11.8 Å². The highest BCUT2D eigenvalue weighted by Gasteiger charge is 2.35. The third kappa shape index (κ3) is 4.83. The molecule has 3 amide bonds. The normalized spacial score (nSPS) is 12.7. The molecule has 0 spiro atoms. The van der Waals surface area contributed by atoms with Crippen LogP contribution in [0.4, 0.5) is 5.69 Å². The van der Waals surface area contributed by atoms with Crippen molar-refractivity contribution >= 4 is 41.1 Å². The van der Waals surface area contributed by atoms with Crippen molar-refractivity contribution in [3.05, 3.63) is 64.7 Å². The second-order valence-corrected chi connectivity index (χ2v) is 7.57. The van der Waals surface area contributed by atoms with Gasteiger partial charge in [-0.15, -0.1) is 11.8 Å². The summed E-state index contributed by atoms with van der Waals surface area (Å²) in [4.78, 5) is 49.2. The Morgan fingerprint density at radius 3 is 2.28 bits per heavy atom. The van der Waals surface area contributed by atoms with Gasteiger partial charge in [0.2, 0.25) is 5.91 Å². The van der Waals surface area contributed by atoms with Gasteiger partial charge in [-0.25, -0.2) is 4.90 Å². The molecule has 2 aromatic carbocycles. The van der Waals surface area contributed by atoms with Gasteiger partial charge in [-0.2, -0.15) is 0 Å². The molecule has 1 aliphatic heterocycles. The molecular weight excluding hydrogens is 392 g/mol. The fourth-order valence-electron chi connectivity index (χ4n) is 2.90. The lowest BCUT2D eigenvalue weighted by molar-refractivity contribution is -0.142. The molecule has 1 heterocycles. The first-order chi connectivity index (χ1) is 13.9. The van der Waals surface area contributed by atoms with E-state index in [1.807, 2.05) is 32.0 Å². The molecule has 150 valence electrons. The van der Waals surface area contributed by atoms with E-state index in [-0.39, 0.29) is 17.4 Å². The zero-order valence-electron chi connectivity index (χ0n) is 16.1. The summed E-state index contributed by atoms with van der Waals surface area (Å²) in [5.41, 5.74) is 3.39. The minimum Gasteiger partial charge on any atom is -0.443 e. The van der Waals surface area contributed by atoms with Crippen LogP contribution in [0.1, 0.15) is 31.8 Å². The SMILES string of the molecule is Cc1ccc(NC(=O)CSCC(=O)OCN2C(=O)c3ccccc3C2=O)c(C)c1. The van der Waals surface area contributed by atoms with Crippen LogP contribution >= 0.6 is 11.8 Å². The number of carbonyl (C=O) groups excluding carboxylic acids is 4. The van der Waals surface area contributed by atoms with Gasteiger partial charge in [-0.1, -0.05) is 29.8 Å². The zero-order valence-corrected chi connectivity index (χ0v) is 16.9. The Morgan fingerprint density at radius 2 is 1.66 bits per heavy atom. The average molecular weight is 412 g/mol. The maximum Gasteiger partial charge on any atom is 0.317 e. The number of fused-ring (bicyclic) bond motifs is 1. The molecule has 2 aromatic rings. The number of carbonyl (C=O) groups is 4. The number of imide groups is 1. The number of esters is 1. The molecule has 0 atom stereocenters. The van der Waals surface area contributed by atoms with Crippen molar-refractivity contribution in [3.8, 4) is 0 Å². The molecular formula is C21H20N2O5S. The van der Waals surface area contributed by atoms with Crippen molar-refractivity contribution in [3.63, 3.8) is 0 Å². The molecule has 0 fully saturated rings. The molecule has 0 bridgehead atoms. The standard InChI is InChI=1S/C21H20N2O5S/c1-13-7-8-17(14(2)9-13)22-18(24)10-29-11-19(25)28-12-23-20(26)15-5-3-4-6-16(15)21(23)27/h3-9H,10-12H2,1-2H3,(H,22,24). The maximum atomic E-state index is 12.2. The number of anilines is 1. The van der Waals surface area contributed by atoms with E-state index < -0.39 is 24.5 Å². The minimum absolute atomic E-state index is 0.0660. The van der Waals surface area contributed by atoms with Gasteiger partial charge in [-0.05, 0) is 37.6 Å². The predicted octanol–water partition coefficient (Wildman–Crippen LogP) is 2.77. The van der Waals surface area contributed by atoms with Gasteiger partial charge in [-0.3, -0.25) is 19.2 Å². The maximum absolute atomic E-state index is 12.2. The van der Waals surface area contributed by atoms with Crippen molar-refractivity contribution < 1.29 is 23.9 Å². The Balaban J connectivity index is 1.41. The number of nitrogens with zero attached hydrogens (tertiary/aromatic N) is 1. The van der Waals surface area contributed by atoms with Gasteiger partial charge in [0.1, 0.15) is 0 Å². The van der Waals surface area contributed by atoms with Gasteiger partial charge in [0.15, 0.2) is 6.73 Å². The number of nitrogens with one attached hydrogen (secondary N) is 1. The summed E-state index contributed by atoms with van der Waals surface area (Å²) < 4.78 is 5.02. The van der Waals surface area contributed by atoms with Crippen LogP contribution in [0.15, 0.2) is 42.5 Å². The van der Waals surface area contributed by atoms with Crippen molar-refractivity contribution in [1.82, 2.24) is 4.90 Å². The van der Waals surface area contributed by atoms with E-state index in [2.05, 4.69) is 5.32 Å². The summed E-state index contributed by atoms with van der Waals surface area (Å²) in [5.74, 6) is -1.79. The van der Waals surface area contributed by atoms with Gasteiger partial charge in [0.05, 0.1) is 22.6 Å². The third-order valence-corrected chi connectivity index (χ3v) is 5.25. The number of thioether (sulfide) groups is 1. The molecule has 8 heteroatoms. The lowest BCUT2D eigenvalue weighted by Crippen LogP contribution is -2.33. The highest BCUT2D eigenvalue weighted by Crippen LogP contribution is 2.22. The topological polar surface area (TPSA) is 92.8 Å². The lowest BCUT2D eigenvalue weighted by Gasteiger charge is -2.13. The van der Waals surface area contributed by atoms with Crippen LogP contribution in [0.25, 0.3) is 0 Å². The average Bonchev–Trinajstić information content (AvgIpc) is 2.93. The van der Waals surface area contributed by atoms with Gasteiger partial charge >= 0.3 is 5.97 Å². The number of benzene rings is 2. The second-order valence-electron chi connectivity index (χ2n) is 6.59. The van der Waals surface area contributed by atoms with Crippen LogP contribution in [-0.4, -0.2) is 46.8 Å². The molecule has 0 saturated heterocycles. The van der Waals surface area contributed by atoms with Crippen LogP contribution < -0.4 is 5.32 Å². The minimum atomic E-state index is -0.606. The summed E-state index contributed by atoms with van der Waals surface area (Å²) in [5, 5.41) is 2.80. The largest absolute Gasteiger partial charge is 0.443 e. The molecule has 1 aliphatic rings. The highest BCUT2D eigenvalue weighted by molar-refractivity contribution is 8.00. The molecule has 29 heavy (non-hydrogen) atoms. The second kappa shape index (κ2) is 8.91. The Bertz CT molecular complexity index is 954. The highest BCUT2D eigenvalue weighted by atomic mass is 32.2. The van der Waals surface area contributed by atoms with Crippen molar-refractivity contribution in [2.75, 3.05) is 23.6 Å². The van der Waals surface area contributed by atoms with Crippen LogP contribution in [0.5, 0.6) is 0 Å². The summed E-state index contributed by atoms with van der Waals surface area (Å²) in [6.07, 6.45) is 0. The number of ether oxygens (including phenoxy) is 1. The fourth-order valence-corrected chi connectivity index (χ4v) is 3.51. The van der Waals surface area contributed by atoms with E-state index >= 15 is 0 Å². The summed E-state index contributed by atoms with van der Waals surface area (Å²) in [6.45, 7) is 3.44. The van der Waals surface area contributed by atoms with E-state index in [1.54, 1.807) is 24.3 Å². The molecule has 0 aromatic heterocycles. The number of hydrogen-bond acceptors (Lipinski definition) is 6. The Hall–Kier alpha value is -3.13. The number of rotatable bonds is 7. The Kier molecular flexibility index (Phi) is 6.33.